The standard InChI is InChI=1S/C23H35N5O/c1-18-14-28(15-19(2)29-18)16-21-10-7-6-9-20(21)13-25-23(24-3)27(5)17-22-11-8-12-26(22)4/h6-12,18-19H,13-17H2,1-5H3,(H,24,25). The van der Waals surface area contributed by atoms with Crippen molar-refractivity contribution in [3.8, 4) is 0 Å². The lowest BCUT2D eigenvalue weighted by molar-refractivity contribution is -0.0705. The fourth-order valence-electron chi connectivity index (χ4n) is 4.08. The van der Waals surface area contributed by atoms with Gasteiger partial charge in [-0.25, -0.2) is 0 Å². The lowest BCUT2D eigenvalue weighted by Gasteiger charge is -2.35. The van der Waals surface area contributed by atoms with Crippen molar-refractivity contribution < 1.29 is 4.74 Å². The number of hydrogen-bond acceptors (Lipinski definition) is 3. The largest absolute Gasteiger partial charge is 0.373 e. The van der Waals surface area contributed by atoms with Gasteiger partial charge in [-0.1, -0.05) is 24.3 Å². The molecule has 6 heteroatoms. The number of rotatable bonds is 6. The van der Waals surface area contributed by atoms with Gasteiger partial charge < -0.3 is 19.5 Å². The molecule has 0 aliphatic carbocycles. The summed E-state index contributed by atoms with van der Waals surface area (Å²) in [6, 6.07) is 12.9. The van der Waals surface area contributed by atoms with E-state index in [0.717, 1.165) is 38.7 Å². The monoisotopic (exact) mass is 397 g/mol. The number of aryl methyl sites for hydroxylation is 1. The molecular formula is C23H35N5O. The van der Waals surface area contributed by atoms with E-state index in [1.165, 1.54) is 16.8 Å². The van der Waals surface area contributed by atoms with E-state index in [4.69, 9.17) is 4.74 Å². The average molecular weight is 398 g/mol. The van der Waals surface area contributed by atoms with Gasteiger partial charge >= 0.3 is 0 Å². The molecule has 29 heavy (non-hydrogen) atoms. The van der Waals surface area contributed by atoms with Crippen molar-refractivity contribution in [2.24, 2.45) is 12.0 Å². The number of hydrogen-bond donors (Lipinski definition) is 1. The van der Waals surface area contributed by atoms with E-state index in [0.29, 0.717) is 0 Å². The van der Waals surface area contributed by atoms with Crippen molar-refractivity contribution >= 4 is 5.96 Å². The summed E-state index contributed by atoms with van der Waals surface area (Å²) >= 11 is 0. The molecule has 0 bridgehead atoms. The second-order valence-corrected chi connectivity index (χ2v) is 8.09. The summed E-state index contributed by atoms with van der Waals surface area (Å²) in [7, 11) is 5.99. The average Bonchev–Trinajstić information content (AvgIpc) is 3.07. The van der Waals surface area contributed by atoms with Crippen molar-refractivity contribution in [3.63, 3.8) is 0 Å². The van der Waals surface area contributed by atoms with E-state index in [1.807, 2.05) is 7.05 Å². The maximum absolute atomic E-state index is 5.88. The Morgan fingerprint density at radius 1 is 1.14 bits per heavy atom. The number of morpholine rings is 1. The fourth-order valence-corrected chi connectivity index (χ4v) is 4.08. The van der Waals surface area contributed by atoms with Crippen LogP contribution >= 0.6 is 0 Å². The lowest BCUT2D eigenvalue weighted by atomic mass is 10.1. The van der Waals surface area contributed by atoms with Crippen LogP contribution in [0.25, 0.3) is 0 Å². The SMILES string of the molecule is CN=C(NCc1ccccc1CN1CC(C)OC(C)C1)N(C)Cc1cccn1C. The Bertz CT molecular complexity index is 805. The molecular weight excluding hydrogens is 362 g/mol. The fraction of sp³-hybridized carbons (Fsp3) is 0.522. The van der Waals surface area contributed by atoms with Crippen LogP contribution in [0, 0.1) is 0 Å². The Kier molecular flexibility index (Phi) is 7.34. The van der Waals surface area contributed by atoms with Gasteiger partial charge in [0.2, 0.25) is 0 Å². The highest BCUT2D eigenvalue weighted by atomic mass is 16.5. The number of aromatic nitrogens is 1. The van der Waals surface area contributed by atoms with Gasteiger partial charge in [0.15, 0.2) is 5.96 Å². The Balaban J connectivity index is 1.61. The minimum atomic E-state index is 0.286. The molecule has 2 heterocycles. The molecule has 0 spiro atoms. The predicted octanol–water partition coefficient (Wildman–Crippen LogP) is 2.84. The van der Waals surface area contributed by atoms with E-state index in [1.54, 1.807) is 0 Å². The van der Waals surface area contributed by atoms with Crippen molar-refractivity contribution in [2.75, 3.05) is 27.2 Å². The summed E-state index contributed by atoms with van der Waals surface area (Å²) in [5.74, 6) is 0.898. The number of benzene rings is 1. The van der Waals surface area contributed by atoms with Crippen LogP contribution in [0.15, 0.2) is 47.6 Å². The lowest BCUT2D eigenvalue weighted by Crippen LogP contribution is -2.45. The zero-order chi connectivity index (χ0) is 20.8. The third kappa shape index (κ3) is 5.84. The summed E-state index contributed by atoms with van der Waals surface area (Å²) in [6.07, 6.45) is 2.64. The van der Waals surface area contributed by atoms with Crippen LogP contribution in [-0.4, -0.2) is 59.7 Å². The van der Waals surface area contributed by atoms with Crippen molar-refractivity contribution in [3.05, 3.63) is 59.4 Å². The first-order valence-corrected chi connectivity index (χ1v) is 10.4. The molecule has 2 unspecified atom stereocenters. The van der Waals surface area contributed by atoms with E-state index < -0.39 is 0 Å². The smallest absolute Gasteiger partial charge is 0.194 e. The number of nitrogens with one attached hydrogen (secondary N) is 1. The van der Waals surface area contributed by atoms with Crippen LogP contribution in [0.3, 0.4) is 0 Å². The zero-order valence-electron chi connectivity index (χ0n) is 18.4. The minimum Gasteiger partial charge on any atom is -0.373 e. The maximum Gasteiger partial charge on any atom is 0.194 e. The third-order valence-corrected chi connectivity index (χ3v) is 5.47. The van der Waals surface area contributed by atoms with Crippen molar-refractivity contribution in [2.45, 2.75) is 45.7 Å². The predicted molar refractivity (Wildman–Crippen MR) is 119 cm³/mol. The van der Waals surface area contributed by atoms with E-state index in [-0.39, 0.29) is 12.2 Å². The molecule has 0 saturated carbocycles. The molecule has 1 N–H and O–H groups in total. The molecule has 2 aromatic rings. The summed E-state index contributed by atoms with van der Waals surface area (Å²) in [5.41, 5.74) is 3.93. The third-order valence-electron chi connectivity index (χ3n) is 5.47. The van der Waals surface area contributed by atoms with Crippen LogP contribution in [-0.2, 0) is 31.4 Å². The maximum atomic E-state index is 5.88. The molecule has 1 aromatic carbocycles. The highest BCUT2D eigenvalue weighted by molar-refractivity contribution is 5.79. The van der Waals surface area contributed by atoms with Gasteiger partial charge in [0.1, 0.15) is 0 Å². The van der Waals surface area contributed by atoms with E-state index in [9.17, 15) is 0 Å². The van der Waals surface area contributed by atoms with Gasteiger partial charge in [0.05, 0.1) is 18.8 Å². The van der Waals surface area contributed by atoms with Crippen LogP contribution in [0.5, 0.6) is 0 Å². The van der Waals surface area contributed by atoms with Crippen LogP contribution in [0.1, 0.15) is 30.7 Å². The Labute approximate surface area is 175 Å². The van der Waals surface area contributed by atoms with Gasteiger partial charge in [-0.05, 0) is 37.1 Å². The van der Waals surface area contributed by atoms with Crippen LogP contribution in [0.4, 0.5) is 0 Å². The number of nitrogens with zero attached hydrogens (tertiary/aromatic N) is 4. The van der Waals surface area contributed by atoms with Crippen molar-refractivity contribution in [1.29, 1.82) is 0 Å². The van der Waals surface area contributed by atoms with E-state index in [2.05, 4.69) is 95.2 Å². The normalized spacial score (nSPS) is 20.7. The zero-order valence-corrected chi connectivity index (χ0v) is 18.4. The molecule has 0 radical (unpaired) electrons. The Hall–Kier alpha value is -2.31. The first-order chi connectivity index (χ1) is 14.0. The molecule has 1 fully saturated rings. The summed E-state index contributed by atoms with van der Waals surface area (Å²) in [4.78, 5) is 9.12. The van der Waals surface area contributed by atoms with Gasteiger partial charge in [0, 0.05) is 59.2 Å². The summed E-state index contributed by atoms with van der Waals surface area (Å²) < 4.78 is 8.02. The molecule has 1 aliphatic heterocycles. The van der Waals surface area contributed by atoms with Gasteiger partial charge in [-0.15, -0.1) is 0 Å². The molecule has 1 aliphatic rings. The quantitative estimate of drug-likeness (QED) is 0.601. The van der Waals surface area contributed by atoms with E-state index >= 15 is 0 Å². The minimum absolute atomic E-state index is 0.286. The van der Waals surface area contributed by atoms with Crippen LogP contribution in [0.2, 0.25) is 0 Å². The molecule has 2 atom stereocenters. The summed E-state index contributed by atoms with van der Waals surface area (Å²) in [5, 5.41) is 3.54. The number of guanidine groups is 1. The molecule has 1 aromatic heterocycles. The number of aliphatic imine (C=N–C) groups is 1. The molecule has 158 valence electrons. The molecule has 0 amide bonds. The highest BCUT2D eigenvalue weighted by Gasteiger charge is 2.22. The topological polar surface area (TPSA) is 45.0 Å². The second kappa shape index (κ2) is 9.94. The first kappa shape index (κ1) is 21.4. The molecule has 6 nitrogen and oxygen atoms in total. The molecule has 1 saturated heterocycles. The van der Waals surface area contributed by atoms with Gasteiger partial charge in [-0.2, -0.15) is 0 Å². The Morgan fingerprint density at radius 2 is 1.83 bits per heavy atom. The highest BCUT2D eigenvalue weighted by Crippen LogP contribution is 2.17. The first-order valence-electron chi connectivity index (χ1n) is 10.4. The van der Waals surface area contributed by atoms with Gasteiger partial charge in [-0.3, -0.25) is 9.89 Å². The van der Waals surface area contributed by atoms with Gasteiger partial charge in [0.25, 0.3) is 0 Å². The van der Waals surface area contributed by atoms with Crippen LogP contribution < -0.4 is 5.32 Å². The molecule has 3 rings (SSSR count). The Morgan fingerprint density at radius 3 is 2.45 bits per heavy atom. The number of ether oxygens (including phenoxy) is 1. The van der Waals surface area contributed by atoms with Crippen molar-refractivity contribution in [1.82, 2.24) is 19.7 Å². The summed E-state index contributed by atoms with van der Waals surface area (Å²) in [6.45, 7) is 8.80. The second-order valence-electron chi connectivity index (χ2n) is 8.09.